The molecule has 12 heavy (non-hydrogen) atoms. The topological polar surface area (TPSA) is 32.3 Å². The van der Waals surface area contributed by atoms with Crippen LogP contribution >= 0.6 is 0 Å². The van der Waals surface area contributed by atoms with Crippen LogP contribution in [0, 0.1) is 0 Å². The lowest BCUT2D eigenvalue weighted by Crippen LogP contribution is -2.37. The molecular formula is C7H8F3NO. The van der Waals surface area contributed by atoms with Gasteiger partial charge in [0.2, 0.25) is 0 Å². The first-order valence-corrected chi connectivity index (χ1v) is 3.37. The summed E-state index contributed by atoms with van der Waals surface area (Å²) in [6.45, 7) is 0.318. The second kappa shape index (κ2) is 3.18. The van der Waals surface area contributed by atoms with Gasteiger partial charge in [0.25, 0.3) is 0 Å². The Labute approximate surface area is 67.4 Å². The van der Waals surface area contributed by atoms with Gasteiger partial charge in [-0.25, -0.2) is 0 Å². The minimum absolute atomic E-state index is 0.204. The Morgan fingerprint density at radius 1 is 1.50 bits per heavy atom. The van der Waals surface area contributed by atoms with Crippen molar-refractivity contribution in [3.63, 3.8) is 0 Å². The maximum Gasteiger partial charge on any atom is 0.420 e. The highest BCUT2D eigenvalue weighted by Gasteiger charge is 2.40. The quantitative estimate of drug-likeness (QED) is 0.628. The number of dihydropyridines is 1. The van der Waals surface area contributed by atoms with Gasteiger partial charge in [0, 0.05) is 12.2 Å². The third kappa shape index (κ3) is 2.01. The first-order valence-electron chi connectivity index (χ1n) is 3.37. The van der Waals surface area contributed by atoms with Crippen molar-refractivity contribution < 1.29 is 18.3 Å². The van der Waals surface area contributed by atoms with E-state index in [4.69, 9.17) is 5.11 Å². The molecule has 0 saturated heterocycles. The van der Waals surface area contributed by atoms with Crippen LogP contribution in [0.15, 0.2) is 23.9 Å². The molecule has 0 aromatic carbocycles. The van der Waals surface area contributed by atoms with Crippen molar-refractivity contribution in [3.8, 4) is 0 Å². The highest BCUT2D eigenvalue weighted by molar-refractivity contribution is 5.20. The average molecular weight is 179 g/mol. The standard InChI is InChI=1S/C7H8F3NO/c8-7(9,10)6(12)5-3-1-2-4-11-5/h1-3,6,11-12H,4H2. The van der Waals surface area contributed by atoms with E-state index in [0.29, 0.717) is 6.54 Å². The smallest absolute Gasteiger partial charge is 0.382 e. The molecule has 0 bridgehead atoms. The van der Waals surface area contributed by atoms with Crippen LogP contribution in [0.25, 0.3) is 0 Å². The zero-order valence-electron chi connectivity index (χ0n) is 6.10. The van der Waals surface area contributed by atoms with Gasteiger partial charge in [-0.1, -0.05) is 12.2 Å². The molecule has 1 heterocycles. The summed E-state index contributed by atoms with van der Waals surface area (Å²) in [5.41, 5.74) is -0.204. The summed E-state index contributed by atoms with van der Waals surface area (Å²) in [6, 6.07) is 0. The molecule has 1 aliphatic rings. The number of aliphatic hydroxyl groups is 1. The number of allylic oxidation sites excluding steroid dienone is 2. The molecule has 1 atom stereocenters. The molecule has 0 aromatic rings. The zero-order valence-corrected chi connectivity index (χ0v) is 6.10. The average Bonchev–Trinajstić information content (AvgIpc) is 2.03. The molecule has 1 aliphatic heterocycles. The lowest BCUT2D eigenvalue weighted by molar-refractivity contribution is -0.192. The van der Waals surface area contributed by atoms with Crippen LogP contribution in [0.3, 0.4) is 0 Å². The number of hydrogen-bond acceptors (Lipinski definition) is 2. The molecule has 0 aliphatic carbocycles. The van der Waals surface area contributed by atoms with Crippen molar-refractivity contribution in [2.45, 2.75) is 12.3 Å². The fraction of sp³-hybridized carbons (Fsp3) is 0.429. The molecule has 68 valence electrons. The van der Waals surface area contributed by atoms with Crippen LogP contribution < -0.4 is 5.32 Å². The Morgan fingerprint density at radius 3 is 2.58 bits per heavy atom. The van der Waals surface area contributed by atoms with Crippen LogP contribution in [-0.4, -0.2) is 23.9 Å². The Kier molecular flexibility index (Phi) is 2.42. The molecule has 2 N–H and O–H groups in total. The van der Waals surface area contributed by atoms with E-state index in [-0.39, 0.29) is 5.70 Å². The first-order chi connectivity index (χ1) is 5.52. The van der Waals surface area contributed by atoms with E-state index >= 15 is 0 Å². The fourth-order valence-corrected chi connectivity index (χ4v) is 0.840. The van der Waals surface area contributed by atoms with Crippen LogP contribution in [0.4, 0.5) is 13.2 Å². The Morgan fingerprint density at radius 2 is 2.17 bits per heavy atom. The number of rotatable bonds is 1. The van der Waals surface area contributed by atoms with Gasteiger partial charge in [0.1, 0.15) is 0 Å². The van der Waals surface area contributed by atoms with E-state index in [1.54, 1.807) is 6.08 Å². The summed E-state index contributed by atoms with van der Waals surface area (Å²) in [5.74, 6) is 0. The monoisotopic (exact) mass is 179 g/mol. The van der Waals surface area contributed by atoms with Gasteiger partial charge in [-0.2, -0.15) is 13.2 Å². The molecule has 0 saturated carbocycles. The molecule has 1 rings (SSSR count). The number of halogens is 3. The van der Waals surface area contributed by atoms with E-state index in [1.807, 2.05) is 0 Å². The highest BCUT2D eigenvalue weighted by Crippen LogP contribution is 2.24. The van der Waals surface area contributed by atoms with E-state index in [9.17, 15) is 13.2 Å². The predicted molar refractivity (Wildman–Crippen MR) is 37.3 cm³/mol. The van der Waals surface area contributed by atoms with Gasteiger partial charge in [-0.05, 0) is 6.08 Å². The van der Waals surface area contributed by atoms with Crippen molar-refractivity contribution in [1.29, 1.82) is 0 Å². The minimum Gasteiger partial charge on any atom is -0.382 e. The summed E-state index contributed by atoms with van der Waals surface area (Å²) in [7, 11) is 0. The maximum absolute atomic E-state index is 11.9. The van der Waals surface area contributed by atoms with E-state index < -0.39 is 12.3 Å². The lowest BCUT2D eigenvalue weighted by atomic mass is 10.2. The molecular weight excluding hydrogens is 171 g/mol. The third-order valence-electron chi connectivity index (χ3n) is 1.44. The van der Waals surface area contributed by atoms with Crippen LogP contribution in [0.2, 0.25) is 0 Å². The van der Waals surface area contributed by atoms with E-state index in [0.717, 1.165) is 0 Å². The fourth-order valence-electron chi connectivity index (χ4n) is 0.840. The number of alkyl halides is 3. The largest absolute Gasteiger partial charge is 0.420 e. The molecule has 0 aromatic heterocycles. The first kappa shape index (κ1) is 9.12. The molecule has 0 radical (unpaired) electrons. The Hall–Kier alpha value is -0.970. The number of nitrogens with one attached hydrogen (secondary N) is 1. The Bertz CT molecular complexity index is 219. The lowest BCUT2D eigenvalue weighted by Gasteiger charge is -2.20. The number of hydrogen-bond donors (Lipinski definition) is 2. The highest BCUT2D eigenvalue weighted by atomic mass is 19.4. The summed E-state index contributed by atoms with van der Waals surface area (Å²) in [4.78, 5) is 0. The molecule has 0 spiro atoms. The zero-order chi connectivity index (χ0) is 9.19. The minimum atomic E-state index is -4.59. The summed E-state index contributed by atoms with van der Waals surface area (Å²) in [6.07, 6.45) is -2.65. The molecule has 1 unspecified atom stereocenters. The van der Waals surface area contributed by atoms with Crippen molar-refractivity contribution in [2.24, 2.45) is 0 Å². The Balaban J connectivity index is 2.69. The van der Waals surface area contributed by atoms with Crippen molar-refractivity contribution in [3.05, 3.63) is 23.9 Å². The van der Waals surface area contributed by atoms with Gasteiger partial charge in [0.15, 0.2) is 6.10 Å². The van der Waals surface area contributed by atoms with Gasteiger partial charge < -0.3 is 10.4 Å². The normalized spacial score (nSPS) is 19.8. The van der Waals surface area contributed by atoms with E-state index in [2.05, 4.69) is 5.32 Å². The molecule has 0 fully saturated rings. The van der Waals surface area contributed by atoms with Crippen LogP contribution in [-0.2, 0) is 0 Å². The summed E-state index contributed by atoms with van der Waals surface area (Å²) >= 11 is 0. The molecule has 2 nitrogen and oxygen atoms in total. The summed E-state index contributed by atoms with van der Waals surface area (Å²) < 4.78 is 35.6. The van der Waals surface area contributed by atoms with Gasteiger partial charge in [-0.3, -0.25) is 0 Å². The molecule has 5 heteroatoms. The maximum atomic E-state index is 11.9. The van der Waals surface area contributed by atoms with Crippen LogP contribution in [0.1, 0.15) is 0 Å². The third-order valence-corrected chi connectivity index (χ3v) is 1.44. The van der Waals surface area contributed by atoms with Crippen molar-refractivity contribution in [2.75, 3.05) is 6.54 Å². The van der Waals surface area contributed by atoms with Crippen molar-refractivity contribution in [1.82, 2.24) is 5.32 Å². The predicted octanol–water partition coefficient (Wildman–Crippen LogP) is 0.953. The van der Waals surface area contributed by atoms with Gasteiger partial charge >= 0.3 is 6.18 Å². The van der Waals surface area contributed by atoms with E-state index in [1.165, 1.54) is 12.2 Å². The van der Waals surface area contributed by atoms with Crippen LogP contribution in [0.5, 0.6) is 0 Å². The van der Waals surface area contributed by atoms with Gasteiger partial charge in [0.05, 0.1) is 0 Å². The SMILES string of the molecule is OC(C1=CC=CCN1)C(F)(F)F. The van der Waals surface area contributed by atoms with Gasteiger partial charge in [-0.15, -0.1) is 0 Å². The number of aliphatic hydroxyl groups excluding tert-OH is 1. The molecule has 0 amide bonds. The second-order valence-electron chi connectivity index (χ2n) is 2.38. The second-order valence-corrected chi connectivity index (χ2v) is 2.38. The summed E-state index contributed by atoms with van der Waals surface area (Å²) in [5, 5.41) is 11.2. The van der Waals surface area contributed by atoms with Crippen molar-refractivity contribution >= 4 is 0 Å².